The molecule has 0 aliphatic carbocycles. The number of fused-ring (bicyclic) bond motifs is 4. The summed E-state index contributed by atoms with van der Waals surface area (Å²) in [5.74, 6) is 0.673. The molecular weight excluding hydrogens is 486 g/mol. The van der Waals surface area contributed by atoms with Crippen LogP contribution in [0.25, 0.3) is 43.4 Å². The van der Waals surface area contributed by atoms with Gasteiger partial charge in [-0.3, -0.25) is 0 Å². The number of halogens is 2. The Kier molecular flexibility index (Phi) is 8.40. The van der Waals surface area contributed by atoms with E-state index in [9.17, 15) is 0 Å². The molecule has 0 amide bonds. The fourth-order valence-electron chi connectivity index (χ4n) is 4.40. The molecule has 5 rings (SSSR count). The van der Waals surface area contributed by atoms with E-state index in [0.29, 0.717) is 5.92 Å². The molecule has 0 bridgehead atoms. The van der Waals surface area contributed by atoms with E-state index in [1.807, 2.05) is 0 Å². The number of hydrogen-bond donors (Lipinski definition) is 0. The van der Waals surface area contributed by atoms with Crippen LogP contribution in [-0.2, 0) is 32.6 Å². The minimum Gasteiger partial charge on any atom is -1.00 e. The van der Waals surface area contributed by atoms with E-state index in [1.165, 1.54) is 49.0 Å². The zero-order chi connectivity index (χ0) is 18.4. The first-order chi connectivity index (χ1) is 13.2. The van der Waals surface area contributed by atoms with E-state index >= 15 is 0 Å². The molecule has 0 nitrogen and oxygen atoms in total. The van der Waals surface area contributed by atoms with Crippen molar-refractivity contribution >= 4 is 32.3 Å². The molecule has 0 N–H and O–H groups in total. The molecule has 0 saturated carbocycles. The monoisotopic (exact) mass is 507 g/mol. The Labute approximate surface area is 210 Å². The molecule has 5 aromatic rings. The molecule has 149 valence electrons. The third-order valence-electron chi connectivity index (χ3n) is 5.51. The van der Waals surface area contributed by atoms with Crippen LogP contribution in [-0.4, -0.2) is 0 Å². The molecule has 0 spiro atoms. The van der Waals surface area contributed by atoms with Gasteiger partial charge >= 0.3 is 26.2 Å². The summed E-state index contributed by atoms with van der Waals surface area (Å²) < 4.78 is 0. The number of rotatable bonds is 3. The van der Waals surface area contributed by atoms with Gasteiger partial charge in [-0.2, -0.15) is 6.07 Å². The van der Waals surface area contributed by atoms with Gasteiger partial charge in [0.15, 0.2) is 0 Å². The van der Waals surface area contributed by atoms with Crippen molar-refractivity contribution < 1.29 is 51.0 Å². The summed E-state index contributed by atoms with van der Waals surface area (Å²) in [5.41, 5.74) is 4.11. The Bertz CT molecular complexity index is 1280. The summed E-state index contributed by atoms with van der Waals surface area (Å²) in [7, 11) is 0. The molecule has 0 aromatic heterocycles. The maximum Gasteiger partial charge on any atom is 3.00 e. The van der Waals surface area contributed by atoms with Crippen molar-refractivity contribution in [3.8, 4) is 11.1 Å². The molecule has 0 unspecified atom stereocenters. The van der Waals surface area contributed by atoms with E-state index in [1.54, 1.807) is 0 Å². The van der Waals surface area contributed by atoms with Crippen molar-refractivity contribution in [1.82, 2.24) is 0 Å². The summed E-state index contributed by atoms with van der Waals surface area (Å²) in [6.45, 7) is 4.57. The van der Waals surface area contributed by atoms with Crippen LogP contribution < -0.4 is 24.8 Å². The van der Waals surface area contributed by atoms with Gasteiger partial charge in [0.05, 0.1) is 0 Å². The molecule has 5 aromatic carbocycles. The third-order valence-corrected chi connectivity index (χ3v) is 5.51. The van der Waals surface area contributed by atoms with E-state index in [0.717, 1.165) is 6.42 Å². The van der Waals surface area contributed by atoms with E-state index in [2.05, 4.69) is 98.8 Å². The van der Waals surface area contributed by atoms with Gasteiger partial charge in [0.1, 0.15) is 0 Å². The maximum absolute atomic E-state index is 2.40. The minimum absolute atomic E-state index is 0. The van der Waals surface area contributed by atoms with Gasteiger partial charge in [0.2, 0.25) is 0 Å². The molecule has 30 heavy (non-hydrogen) atoms. The predicted octanol–water partition coefficient (Wildman–Crippen LogP) is 1.74. The summed E-state index contributed by atoms with van der Waals surface area (Å²) in [5, 5.41) is 8.00. The smallest absolute Gasteiger partial charge is 1.00 e. The molecular formula is C27H23Cl2Zr. The van der Waals surface area contributed by atoms with Crippen LogP contribution in [0.3, 0.4) is 0 Å². The first kappa shape index (κ1) is 24.7. The van der Waals surface area contributed by atoms with Crippen LogP contribution in [0.4, 0.5) is 0 Å². The second kappa shape index (κ2) is 10.2. The van der Waals surface area contributed by atoms with Crippen molar-refractivity contribution in [3.63, 3.8) is 0 Å². The van der Waals surface area contributed by atoms with Gasteiger partial charge in [0.25, 0.3) is 0 Å². The summed E-state index contributed by atoms with van der Waals surface area (Å²) in [6, 6.07) is 31.3. The zero-order valence-corrected chi connectivity index (χ0v) is 21.1. The zero-order valence-electron chi connectivity index (χ0n) is 17.1. The predicted molar refractivity (Wildman–Crippen MR) is 119 cm³/mol. The van der Waals surface area contributed by atoms with Crippen molar-refractivity contribution in [2.75, 3.05) is 0 Å². The Morgan fingerprint density at radius 3 is 2.07 bits per heavy atom. The van der Waals surface area contributed by atoms with Crippen molar-refractivity contribution in [1.29, 1.82) is 0 Å². The Balaban J connectivity index is 0.00000107. The van der Waals surface area contributed by atoms with Crippen LogP contribution >= 0.6 is 0 Å². The van der Waals surface area contributed by atoms with Crippen LogP contribution in [0.2, 0.25) is 0 Å². The van der Waals surface area contributed by atoms with Crippen molar-refractivity contribution in [2.45, 2.75) is 20.3 Å². The van der Waals surface area contributed by atoms with Crippen LogP contribution in [0, 0.1) is 5.92 Å². The summed E-state index contributed by atoms with van der Waals surface area (Å²) >= 11 is 0. The quantitative estimate of drug-likeness (QED) is 0.257. The molecule has 0 heterocycles. The standard InChI is InChI=1S/C27H23.2ClH.Zr/c1-18(2)14-19-15-20-9-7-13-25(26(20)16-19)27-17-21-8-3-4-10-22(21)23-11-5-6-12-24(23)27;;;/h3-13,15-18H,14H2,1-2H3;2*1H;/q-1;;;+3/p-2. The summed E-state index contributed by atoms with van der Waals surface area (Å²) in [6.07, 6.45) is 1.13. The fourth-order valence-corrected chi connectivity index (χ4v) is 4.40. The van der Waals surface area contributed by atoms with Crippen LogP contribution in [0.5, 0.6) is 0 Å². The Morgan fingerprint density at radius 1 is 0.667 bits per heavy atom. The molecule has 1 radical (unpaired) electrons. The summed E-state index contributed by atoms with van der Waals surface area (Å²) in [4.78, 5) is 0. The van der Waals surface area contributed by atoms with Crippen molar-refractivity contribution in [2.24, 2.45) is 5.92 Å². The Hall–Kier alpha value is -1.53. The first-order valence-corrected chi connectivity index (χ1v) is 9.80. The largest absolute Gasteiger partial charge is 3.00 e. The van der Waals surface area contributed by atoms with E-state index in [4.69, 9.17) is 0 Å². The molecule has 0 atom stereocenters. The van der Waals surface area contributed by atoms with Crippen LogP contribution in [0.15, 0.2) is 84.9 Å². The van der Waals surface area contributed by atoms with Crippen molar-refractivity contribution in [3.05, 3.63) is 90.5 Å². The van der Waals surface area contributed by atoms with Gasteiger partial charge < -0.3 is 24.8 Å². The first-order valence-electron chi connectivity index (χ1n) is 9.80. The SMILES string of the molecule is CC(C)Cc1cc2c(-c3cc4ccccc4c4ccccc34)cccc2[cH-]1.[Cl-].[Cl-].[Zr+3]. The van der Waals surface area contributed by atoms with Gasteiger partial charge in [-0.05, 0) is 45.5 Å². The Morgan fingerprint density at radius 2 is 1.33 bits per heavy atom. The second-order valence-electron chi connectivity index (χ2n) is 7.96. The maximum atomic E-state index is 2.40. The van der Waals surface area contributed by atoms with Gasteiger partial charge in [-0.25, -0.2) is 0 Å². The average molecular weight is 510 g/mol. The number of hydrogen-bond acceptors (Lipinski definition) is 0. The molecule has 0 aliphatic heterocycles. The van der Waals surface area contributed by atoms with E-state index < -0.39 is 0 Å². The van der Waals surface area contributed by atoms with Gasteiger partial charge in [-0.15, -0.1) is 34.5 Å². The van der Waals surface area contributed by atoms with E-state index in [-0.39, 0.29) is 51.0 Å². The number of benzene rings is 4. The minimum atomic E-state index is 0. The molecule has 3 heteroatoms. The fraction of sp³-hybridized carbons (Fsp3) is 0.148. The third kappa shape index (κ3) is 4.40. The molecule has 0 saturated heterocycles. The topological polar surface area (TPSA) is 0 Å². The second-order valence-corrected chi connectivity index (χ2v) is 7.96. The molecule has 0 aliphatic rings. The normalized spacial score (nSPS) is 10.6. The van der Waals surface area contributed by atoms with Gasteiger partial charge in [0, 0.05) is 0 Å². The van der Waals surface area contributed by atoms with Crippen LogP contribution in [0.1, 0.15) is 19.4 Å². The van der Waals surface area contributed by atoms with Gasteiger partial charge in [-0.1, -0.05) is 74.0 Å². The molecule has 0 fully saturated rings. The average Bonchev–Trinajstić information content (AvgIpc) is 3.09.